The maximum atomic E-state index is 5.48. The Morgan fingerprint density at radius 1 is 1.20 bits per heavy atom. The summed E-state index contributed by atoms with van der Waals surface area (Å²) in [4.78, 5) is 8.96. The first-order valence-electron chi connectivity index (χ1n) is 4.86. The van der Waals surface area contributed by atoms with E-state index in [4.69, 9.17) is 5.73 Å². The van der Waals surface area contributed by atoms with Gasteiger partial charge in [0.2, 0.25) is 0 Å². The van der Waals surface area contributed by atoms with Gasteiger partial charge in [-0.05, 0) is 38.3 Å². The number of nitrogens with two attached hydrogens (primary N) is 1. The Morgan fingerprint density at radius 2 is 1.93 bits per heavy atom. The van der Waals surface area contributed by atoms with Gasteiger partial charge in [-0.3, -0.25) is 0 Å². The molecule has 0 unspecified atom stereocenters. The van der Waals surface area contributed by atoms with Crippen LogP contribution < -0.4 is 5.73 Å². The van der Waals surface area contributed by atoms with Crippen LogP contribution in [-0.2, 0) is 19.3 Å². The first-order chi connectivity index (χ1) is 6.31. The SMILES string of the molecule is Cc1nc(CCN)nc2c1CCC2.Cl.Cl. The van der Waals surface area contributed by atoms with Crippen molar-refractivity contribution in [2.45, 2.75) is 32.6 Å². The lowest BCUT2D eigenvalue weighted by Gasteiger charge is -2.05. The van der Waals surface area contributed by atoms with E-state index in [-0.39, 0.29) is 24.8 Å². The van der Waals surface area contributed by atoms with Crippen molar-refractivity contribution in [1.29, 1.82) is 0 Å². The van der Waals surface area contributed by atoms with Crippen LogP contribution in [0, 0.1) is 6.92 Å². The molecule has 0 aliphatic heterocycles. The number of hydrogen-bond acceptors (Lipinski definition) is 3. The summed E-state index contributed by atoms with van der Waals surface area (Å²) in [5.74, 6) is 0.917. The highest BCUT2D eigenvalue weighted by Gasteiger charge is 2.16. The predicted molar refractivity (Wildman–Crippen MR) is 66.0 cm³/mol. The Labute approximate surface area is 103 Å². The third-order valence-electron chi connectivity index (χ3n) is 2.55. The molecule has 1 aliphatic rings. The smallest absolute Gasteiger partial charge is 0.130 e. The van der Waals surface area contributed by atoms with Gasteiger partial charge in [-0.15, -0.1) is 24.8 Å². The van der Waals surface area contributed by atoms with E-state index in [0.29, 0.717) is 6.54 Å². The fraction of sp³-hybridized carbons (Fsp3) is 0.600. The van der Waals surface area contributed by atoms with Gasteiger partial charge in [0.1, 0.15) is 5.82 Å². The standard InChI is InChI=1S/C10H15N3.2ClH/c1-7-8-3-2-4-9(8)13-10(12-7)5-6-11;;/h2-6,11H2,1H3;2*1H. The van der Waals surface area contributed by atoms with Crippen LogP contribution in [0.2, 0.25) is 0 Å². The van der Waals surface area contributed by atoms with Crippen LogP contribution in [-0.4, -0.2) is 16.5 Å². The van der Waals surface area contributed by atoms with Gasteiger partial charge in [0.15, 0.2) is 0 Å². The van der Waals surface area contributed by atoms with Gasteiger partial charge < -0.3 is 5.73 Å². The van der Waals surface area contributed by atoms with Crippen molar-refractivity contribution in [3.63, 3.8) is 0 Å². The molecule has 0 atom stereocenters. The molecule has 0 spiro atoms. The van der Waals surface area contributed by atoms with E-state index in [1.165, 1.54) is 17.7 Å². The van der Waals surface area contributed by atoms with Gasteiger partial charge >= 0.3 is 0 Å². The lowest BCUT2D eigenvalue weighted by Crippen LogP contribution is -2.09. The zero-order valence-electron chi connectivity index (χ0n) is 8.82. The van der Waals surface area contributed by atoms with Crippen molar-refractivity contribution in [3.05, 3.63) is 22.8 Å². The zero-order valence-corrected chi connectivity index (χ0v) is 10.5. The Kier molecular flexibility index (Phi) is 6.10. The van der Waals surface area contributed by atoms with E-state index in [9.17, 15) is 0 Å². The fourth-order valence-corrected chi connectivity index (χ4v) is 1.92. The first-order valence-corrected chi connectivity index (χ1v) is 4.86. The Hall–Kier alpha value is -0.380. The van der Waals surface area contributed by atoms with E-state index in [1.54, 1.807) is 0 Å². The average Bonchev–Trinajstić information content (AvgIpc) is 2.53. The summed E-state index contributed by atoms with van der Waals surface area (Å²) in [6, 6.07) is 0. The number of rotatable bonds is 2. The summed E-state index contributed by atoms with van der Waals surface area (Å²) in [7, 11) is 0. The molecule has 1 heterocycles. The molecule has 0 saturated carbocycles. The quantitative estimate of drug-likeness (QED) is 0.867. The number of nitrogens with zero attached hydrogens (tertiary/aromatic N) is 2. The van der Waals surface area contributed by atoms with Crippen LogP contribution in [0.1, 0.15) is 29.2 Å². The molecule has 3 nitrogen and oxygen atoms in total. The van der Waals surface area contributed by atoms with Crippen LogP contribution >= 0.6 is 24.8 Å². The third kappa shape index (κ3) is 3.03. The second-order valence-electron chi connectivity index (χ2n) is 3.54. The predicted octanol–water partition coefficient (Wildman–Crippen LogP) is 1.62. The van der Waals surface area contributed by atoms with Crippen molar-refractivity contribution in [1.82, 2.24) is 9.97 Å². The van der Waals surface area contributed by atoms with Crippen molar-refractivity contribution >= 4 is 24.8 Å². The zero-order chi connectivity index (χ0) is 9.26. The highest BCUT2D eigenvalue weighted by Crippen LogP contribution is 2.21. The fourth-order valence-electron chi connectivity index (χ4n) is 1.92. The largest absolute Gasteiger partial charge is 0.330 e. The van der Waals surface area contributed by atoms with Gasteiger partial charge in [-0.2, -0.15) is 0 Å². The second kappa shape index (κ2) is 6.26. The summed E-state index contributed by atoms with van der Waals surface area (Å²) >= 11 is 0. The van der Waals surface area contributed by atoms with Crippen LogP contribution in [0.25, 0.3) is 0 Å². The highest BCUT2D eigenvalue weighted by atomic mass is 35.5. The molecule has 86 valence electrons. The molecule has 1 aliphatic carbocycles. The van der Waals surface area contributed by atoms with E-state index in [0.717, 1.165) is 30.8 Å². The molecule has 0 amide bonds. The van der Waals surface area contributed by atoms with Crippen LogP contribution in [0.15, 0.2) is 0 Å². The van der Waals surface area contributed by atoms with Crippen molar-refractivity contribution in [2.24, 2.45) is 5.73 Å². The van der Waals surface area contributed by atoms with Crippen molar-refractivity contribution < 1.29 is 0 Å². The summed E-state index contributed by atoms with van der Waals surface area (Å²) in [6.07, 6.45) is 4.31. The van der Waals surface area contributed by atoms with Gasteiger partial charge in [0.25, 0.3) is 0 Å². The summed E-state index contributed by atoms with van der Waals surface area (Å²) < 4.78 is 0. The second-order valence-corrected chi connectivity index (χ2v) is 3.54. The maximum Gasteiger partial charge on any atom is 0.130 e. The summed E-state index contributed by atoms with van der Waals surface area (Å²) in [5, 5.41) is 0. The minimum absolute atomic E-state index is 0. The van der Waals surface area contributed by atoms with E-state index in [1.807, 2.05) is 0 Å². The Morgan fingerprint density at radius 3 is 2.60 bits per heavy atom. The molecule has 0 fully saturated rings. The maximum absolute atomic E-state index is 5.48. The topological polar surface area (TPSA) is 51.8 Å². The molecule has 5 heteroatoms. The van der Waals surface area contributed by atoms with Crippen LogP contribution in [0.3, 0.4) is 0 Å². The molecular weight excluding hydrogens is 233 g/mol. The molecular formula is C10H17Cl2N3. The number of hydrogen-bond donors (Lipinski definition) is 1. The summed E-state index contributed by atoms with van der Waals surface area (Å²) in [5.41, 5.74) is 9.27. The molecule has 1 aromatic rings. The average molecular weight is 250 g/mol. The van der Waals surface area contributed by atoms with E-state index >= 15 is 0 Å². The molecule has 2 rings (SSSR count). The summed E-state index contributed by atoms with van der Waals surface area (Å²) in [6.45, 7) is 2.71. The van der Waals surface area contributed by atoms with Gasteiger partial charge in [-0.25, -0.2) is 9.97 Å². The monoisotopic (exact) mass is 249 g/mol. The van der Waals surface area contributed by atoms with E-state index < -0.39 is 0 Å². The molecule has 0 aromatic carbocycles. The first kappa shape index (κ1) is 14.6. The highest BCUT2D eigenvalue weighted by molar-refractivity contribution is 5.85. The molecule has 0 radical (unpaired) electrons. The minimum Gasteiger partial charge on any atom is -0.330 e. The molecule has 2 N–H and O–H groups in total. The number of fused-ring (bicyclic) bond motifs is 1. The number of aryl methyl sites for hydroxylation is 2. The number of halogens is 2. The van der Waals surface area contributed by atoms with Crippen LogP contribution in [0.5, 0.6) is 0 Å². The van der Waals surface area contributed by atoms with Gasteiger partial charge in [-0.1, -0.05) is 0 Å². The Bertz CT molecular complexity index is 329. The van der Waals surface area contributed by atoms with Gasteiger partial charge in [0, 0.05) is 17.8 Å². The third-order valence-corrected chi connectivity index (χ3v) is 2.55. The molecule has 0 bridgehead atoms. The lowest BCUT2D eigenvalue weighted by atomic mass is 10.2. The molecule has 1 aromatic heterocycles. The normalized spacial score (nSPS) is 12.7. The number of aromatic nitrogens is 2. The van der Waals surface area contributed by atoms with Crippen molar-refractivity contribution in [2.75, 3.05) is 6.54 Å². The van der Waals surface area contributed by atoms with E-state index in [2.05, 4.69) is 16.9 Å². The molecule has 15 heavy (non-hydrogen) atoms. The Balaban J connectivity index is 0.000000980. The lowest BCUT2D eigenvalue weighted by molar-refractivity contribution is 0.830. The van der Waals surface area contributed by atoms with Crippen molar-refractivity contribution in [3.8, 4) is 0 Å². The minimum atomic E-state index is 0. The molecule has 0 saturated heterocycles. The van der Waals surface area contributed by atoms with Crippen LogP contribution in [0.4, 0.5) is 0 Å². The van der Waals surface area contributed by atoms with Gasteiger partial charge in [0.05, 0.1) is 0 Å².